The number of amides is 1. The molecule has 0 radical (unpaired) electrons. The molecule has 1 aliphatic rings. The molecule has 0 saturated carbocycles. The molecule has 1 N–H and O–H groups in total. The van der Waals surface area contributed by atoms with E-state index in [0.29, 0.717) is 12.1 Å². The summed E-state index contributed by atoms with van der Waals surface area (Å²) in [5, 5.41) is 0. The summed E-state index contributed by atoms with van der Waals surface area (Å²) in [5.74, 6) is -3.41. The Bertz CT molecular complexity index is 829. The largest absolute Gasteiger partial charge is 0.417 e. The van der Waals surface area contributed by atoms with Crippen LogP contribution in [-0.4, -0.2) is 45.0 Å². The lowest BCUT2D eigenvalue weighted by Crippen LogP contribution is -2.45. The van der Waals surface area contributed by atoms with Crippen molar-refractivity contribution in [1.29, 1.82) is 0 Å². The molecule has 1 aliphatic heterocycles. The number of sulfonamides is 1. The number of alkyl halides is 6. The summed E-state index contributed by atoms with van der Waals surface area (Å²) >= 11 is 0. The van der Waals surface area contributed by atoms with E-state index in [4.69, 9.17) is 0 Å². The minimum absolute atomic E-state index is 0.00530. The molecule has 0 unspecified atom stereocenters. The maximum Gasteiger partial charge on any atom is 0.417 e. The van der Waals surface area contributed by atoms with Gasteiger partial charge in [0.1, 0.15) is 5.82 Å². The number of nitrogens with one attached hydrogen (secondary N) is 1. The lowest BCUT2D eigenvalue weighted by molar-refractivity contribution is -0.149. The van der Waals surface area contributed by atoms with Crippen molar-refractivity contribution in [2.75, 3.05) is 19.6 Å². The van der Waals surface area contributed by atoms with Gasteiger partial charge in [0, 0.05) is 5.92 Å². The molecule has 0 bridgehead atoms. The summed E-state index contributed by atoms with van der Waals surface area (Å²) in [5.41, 5.74) is -1.77. The number of halogens is 7. The Morgan fingerprint density at radius 2 is 1.68 bits per heavy atom. The zero-order chi connectivity index (χ0) is 21.3. The molecule has 0 atom stereocenters. The monoisotopic (exact) mass is 436 g/mol. The standard InChI is InChI=1S/C15H15F7N2O3S/c16-10-1-2-12(11(7-10)15(20,21)22)28(26,27)23-13(25)9-3-5-24(6-4-9)8-14(17,18)19/h1-2,7,9H,3-6,8H2,(H,23,25). The number of piperidine rings is 1. The Morgan fingerprint density at radius 1 is 1.11 bits per heavy atom. The molecule has 1 aromatic rings. The van der Waals surface area contributed by atoms with E-state index < -0.39 is 57.0 Å². The number of likely N-dealkylation sites (tertiary alicyclic amines) is 1. The van der Waals surface area contributed by atoms with Gasteiger partial charge in [0.25, 0.3) is 10.0 Å². The molecule has 158 valence electrons. The van der Waals surface area contributed by atoms with Crippen LogP contribution >= 0.6 is 0 Å². The Morgan fingerprint density at radius 3 is 2.18 bits per heavy atom. The molecular weight excluding hydrogens is 421 g/mol. The third kappa shape index (κ3) is 5.80. The van der Waals surface area contributed by atoms with Crippen LogP contribution in [0, 0.1) is 11.7 Å². The highest BCUT2D eigenvalue weighted by Crippen LogP contribution is 2.34. The minimum atomic E-state index is -5.18. The summed E-state index contributed by atoms with van der Waals surface area (Å²) in [4.78, 5) is 11.8. The number of hydrogen-bond donors (Lipinski definition) is 1. The van der Waals surface area contributed by atoms with Crippen LogP contribution in [0.3, 0.4) is 0 Å². The molecule has 1 aromatic carbocycles. The van der Waals surface area contributed by atoms with Gasteiger partial charge < -0.3 is 0 Å². The average molecular weight is 436 g/mol. The molecule has 0 aromatic heterocycles. The Labute approximate surface area is 155 Å². The van der Waals surface area contributed by atoms with E-state index in [9.17, 15) is 43.9 Å². The molecule has 28 heavy (non-hydrogen) atoms. The molecule has 2 rings (SSSR count). The highest BCUT2D eigenvalue weighted by molar-refractivity contribution is 7.90. The Kier molecular flexibility index (Phi) is 6.28. The van der Waals surface area contributed by atoms with Crippen molar-refractivity contribution in [3.63, 3.8) is 0 Å². The van der Waals surface area contributed by atoms with Crippen LogP contribution in [-0.2, 0) is 21.0 Å². The molecule has 13 heteroatoms. The molecule has 1 heterocycles. The second-order valence-electron chi connectivity index (χ2n) is 6.27. The number of benzene rings is 1. The lowest BCUT2D eigenvalue weighted by atomic mass is 9.96. The van der Waals surface area contributed by atoms with Crippen molar-refractivity contribution in [1.82, 2.24) is 9.62 Å². The minimum Gasteiger partial charge on any atom is -0.295 e. The van der Waals surface area contributed by atoms with E-state index in [0.717, 1.165) is 4.90 Å². The zero-order valence-electron chi connectivity index (χ0n) is 14.1. The fraction of sp³-hybridized carbons (Fsp3) is 0.533. The Hall–Kier alpha value is -1.89. The van der Waals surface area contributed by atoms with Gasteiger partial charge in [0.05, 0.1) is 17.0 Å². The van der Waals surface area contributed by atoms with E-state index in [-0.39, 0.29) is 32.0 Å². The van der Waals surface area contributed by atoms with Gasteiger partial charge in [-0.2, -0.15) is 26.3 Å². The maximum atomic E-state index is 13.1. The van der Waals surface area contributed by atoms with Gasteiger partial charge in [0.15, 0.2) is 0 Å². The van der Waals surface area contributed by atoms with Crippen molar-refractivity contribution in [2.45, 2.75) is 30.1 Å². The van der Waals surface area contributed by atoms with Gasteiger partial charge in [-0.05, 0) is 44.1 Å². The third-order valence-electron chi connectivity index (χ3n) is 4.13. The molecular formula is C15H15F7N2O3S. The van der Waals surface area contributed by atoms with Crippen molar-refractivity contribution >= 4 is 15.9 Å². The normalized spacial score (nSPS) is 17.5. The first-order valence-corrected chi connectivity index (χ1v) is 9.40. The predicted octanol–water partition coefficient (Wildman–Crippen LogP) is 2.92. The van der Waals surface area contributed by atoms with Crippen molar-refractivity contribution in [3.05, 3.63) is 29.6 Å². The Balaban J connectivity index is 2.11. The lowest BCUT2D eigenvalue weighted by Gasteiger charge is -2.31. The first kappa shape index (κ1) is 22.4. The van der Waals surface area contributed by atoms with Gasteiger partial charge in [-0.15, -0.1) is 0 Å². The number of carbonyl (C=O) groups excluding carboxylic acids is 1. The van der Waals surface area contributed by atoms with Crippen LogP contribution < -0.4 is 4.72 Å². The summed E-state index contributed by atoms with van der Waals surface area (Å²) in [6.07, 6.45) is -9.78. The second-order valence-corrected chi connectivity index (χ2v) is 7.92. The van der Waals surface area contributed by atoms with Crippen LogP contribution in [0.2, 0.25) is 0 Å². The highest BCUT2D eigenvalue weighted by Gasteiger charge is 2.39. The quantitative estimate of drug-likeness (QED) is 0.738. The van der Waals surface area contributed by atoms with E-state index in [2.05, 4.69) is 0 Å². The first-order valence-electron chi connectivity index (χ1n) is 7.91. The second kappa shape index (κ2) is 7.85. The topological polar surface area (TPSA) is 66.5 Å². The van der Waals surface area contributed by atoms with Gasteiger partial charge in [-0.3, -0.25) is 9.69 Å². The summed E-state index contributed by atoms with van der Waals surface area (Å²) in [6.45, 7) is -1.42. The van der Waals surface area contributed by atoms with E-state index in [1.807, 2.05) is 0 Å². The summed E-state index contributed by atoms with van der Waals surface area (Å²) in [6, 6.07) is 0.887. The SMILES string of the molecule is O=C(NS(=O)(=O)c1ccc(F)cc1C(F)(F)F)C1CCN(CC(F)(F)F)CC1. The van der Waals surface area contributed by atoms with Crippen molar-refractivity contribution in [3.8, 4) is 0 Å². The number of hydrogen-bond acceptors (Lipinski definition) is 4. The third-order valence-corrected chi connectivity index (χ3v) is 5.54. The molecule has 1 saturated heterocycles. The van der Waals surface area contributed by atoms with Gasteiger partial charge in [-0.1, -0.05) is 0 Å². The molecule has 0 spiro atoms. The van der Waals surface area contributed by atoms with Crippen LogP contribution in [0.1, 0.15) is 18.4 Å². The highest BCUT2D eigenvalue weighted by atomic mass is 32.2. The van der Waals surface area contributed by atoms with Gasteiger partial charge in [0.2, 0.25) is 5.91 Å². The maximum absolute atomic E-state index is 13.1. The molecule has 0 aliphatic carbocycles. The first-order chi connectivity index (χ1) is 12.7. The molecule has 5 nitrogen and oxygen atoms in total. The summed E-state index contributed by atoms with van der Waals surface area (Å²) in [7, 11) is -4.96. The number of carbonyl (C=O) groups is 1. The average Bonchev–Trinajstić information content (AvgIpc) is 2.52. The van der Waals surface area contributed by atoms with Gasteiger partial charge in [-0.25, -0.2) is 17.5 Å². The van der Waals surface area contributed by atoms with Crippen LogP contribution in [0.5, 0.6) is 0 Å². The van der Waals surface area contributed by atoms with Crippen LogP contribution in [0.25, 0.3) is 0 Å². The smallest absolute Gasteiger partial charge is 0.295 e. The van der Waals surface area contributed by atoms with Crippen LogP contribution in [0.4, 0.5) is 30.7 Å². The molecule has 1 fully saturated rings. The summed E-state index contributed by atoms with van der Waals surface area (Å²) < 4.78 is 115. The zero-order valence-corrected chi connectivity index (χ0v) is 14.9. The van der Waals surface area contributed by atoms with Gasteiger partial charge >= 0.3 is 12.4 Å². The van der Waals surface area contributed by atoms with Crippen LogP contribution in [0.15, 0.2) is 23.1 Å². The van der Waals surface area contributed by atoms with E-state index in [1.54, 1.807) is 0 Å². The van der Waals surface area contributed by atoms with E-state index in [1.165, 1.54) is 4.72 Å². The number of nitrogens with zero attached hydrogens (tertiary/aromatic N) is 1. The van der Waals surface area contributed by atoms with Crippen molar-refractivity contribution in [2.24, 2.45) is 5.92 Å². The predicted molar refractivity (Wildman–Crippen MR) is 81.9 cm³/mol. The molecule has 1 amide bonds. The fourth-order valence-electron chi connectivity index (χ4n) is 2.84. The number of rotatable bonds is 4. The van der Waals surface area contributed by atoms with Crippen molar-refractivity contribution < 1.29 is 43.9 Å². The fourth-order valence-corrected chi connectivity index (χ4v) is 4.09. The van der Waals surface area contributed by atoms with E-state index >= 15 is 0 Å².